The lowest BCUT2D eigenvalue weighted by Gasteiger charge is -2.46. The third kappa shape index (κ3) is 3.41. The lowest BCUT2D eigenvalue weighted by molar-refractivity contribution is -0.145. The predicted molar refractivity (Wildman–Crippen MR) is 102 cm³/mol. The van der Waals surface area contributed by atoms with Crippen molar-refractivity contribution in [3.05, 3.63) is 23.3 Å². The maximum atomic E-state index is 12.9. The summed E-state index contributed by atoms with van der Waals surface area (Å²) in [5.74, 6) is 1.95. The number of piperidine rings is 2. The zero-order chi connectivity index (χ0) is 18.9. The summed E-state index contributed by atoms with van der Waals surface area (Å²) in [5.41, 5.74) is 2.17. The van der Waals surface area contributed by atoms with E-state index in [0.717, 1.165) is 69.8 Å². The van der Waals surface area contributed by atoms with E-state index in [9.17, 15) is 4.79 Å². The highest BCUT2D eigenvalue weighted by Gasteiger charge is 2.43. The Balaban J connectivity index is 1.52. The van der Waals surface area contributed by atoms with E-state index in [-0.39, 0.29) is 11.5 Å². The van der Waals surface area contributed by atoms with E-state index in [4.69, 9.17) is 14.2 Å². The Morgan fingerprint density at radius 1 is 1.22 bits per heavy atom. The molecule has 1 spiro atoms. The van der Waals surface area contributed by atoms with Gasteiger partial charge in [-0.05, 0) is 61.9 Å². The van der Waals surface area contributed by atoms with E-state index in [1.807, 2.05) is 4.90 Å². The van der Waals surface area contributed by atoms with Gasteiger partial charge in [0.15, 0.2) is 11.5 Å². The van der Waals surface area contributed by atoms with Gasteiger partial charge in [0.25, 0.3) is 0 Å². The van der Waals surface area contributed by atoms with Gasteiger partial charge >= 0.3 is 0 Å². The number of methoxy groups -OCH3 is 2. The Kier molecular flexibility index (Phi) is 5.28. The molecule has 1 atom stereocenters. The molecule has 3 heterocycles. The molecule has 3 aliphatic heterocycles. The third-order valence-electron chi connectivity index (χ3n) is 6.38. The Bertz CT molecular complexity index is 692. The molecule has 2 saturated heterocycles. The van der Waals surface area contributed by atoms with Gasteiger partial charge in [-0.2, -0.15) is 0 Å². The van der Waals surface area contributed by atoms with Crippen molar-refractivity contribution in [1.82, 2.24) is 10.2 Å². The second-order valence-corrected chi connectivity index (χ2v) is 7.83. The number of benzene rings is 1. The molecule has 1 aromatic rings. The first kappa shape index (κ1) is 18.6. The number of rotatable bonds is 3. The largest absolute Gasteiger partial charge is 0.493 e. The number of hydrogen-bond donors (Lipinski definition) is 1. The smallest absolute Gasteiger partial charge is 0.226 e. The fourth-order valence-electron chi connectivity index (χ4n) is 4.81. The van der Waals surface area contributed by atoms with Crippen LogP contribution < -0.4 is 14.8 Å². The first-order chi connectivity index (χ1) is 13.2. The van der Waals surface area contributed by atoms with Crippen LogP contribution in [0.25, 0.3) is 0 Å². The molecule has 6 nitrogen and oxygen atoms in total. The molecular weight excluding hydrogens is 344 g/mol. The average Bonchev–Trinajstić information content (AvgIpc) is 2.74. The molecule has 0 saturated carbocycles. The van der Waals surface area contributed by atoms with Crippen LogP contribution >= 0.6 is 0 Å². The molecule has 1 amide bonds. The van der Waals surface area contributed by atoms with Gasteiger partial charge in [-0.25, -0.2) is 0 Å². The molecule has 148 valence electrons. The fraction of sp³-hybridized carbons (Fsp3) is 0.667. The van der Waals surface area contributed by atoms with Gasteiger partial charge in [-0.15, -0.1) is 0 Å². The van der Waals surface area contributed by atoms with Gasteiger partial charge in [0.1, 0.15) is 0 Å². The van der Waals surface area contributed by atoms with Crippen molar-refractivity contribution in [2.75, 3.05) is 47.0 Å². The second-order valence-electron chi connectivity index (χ2n) is 7.83. The third-order valence-corrected chi connectivity index (χ3v) is 6.38. The summed E-state index contributed by atoms with van der Waals surface area (Å²) in [6, 6.07) is 4.17. The van der Waals surface area contributed by atoms with Crippen molar-refractivity contribution in [3.63, 3.8) is 0 Å². The van der Waals surface area contributed by atoms with Crippen LogP contribution in [0.2, 0.25) is 0 Å². The molecule has 0 aliphatic carbocycles. The van der Waals surface area contributed by atoms with Crippen LogP contribution in [0.1, 0.15) is 36.8 Å². The van der Waals surface area contributed by atoms with E-state index in [1.165, 1.54) is 11.1 Å². The van der Waals surface area contributed by atoms with E-state index >= 15 is 0 Å². The normalized spacial score (nSPS) is 24.4. The van der Waals surface area contributed by atoms with Crippen molar-refractivity contribution >= 4 is 5.91 Å². The van der Waals surface area contributed by atoms with Gasteiger partial charge < -0.3 is 24.4 Å². The van der Waals surface area contributed by atoms with Gasteiger partial charge in [-0.3, -0.25) is 4.79 Å². The Hall–Kier alpha value is -1.79. The van der Waals surface area contributed by atoms with Crippen LogP contribution in [-0.4, -0.2) is 57.8 Å². The maximum Gasteiger partial charge on any atom is 0.226 e. The lowest BCUT2D eigenvalue weighted by Crippen LogP contribution is -2.51. The van der Waals surface area contributed by atoms with Gasteiger partial charge in [-0.1, -0.05) is 0 Å². The second kappa shape index (κ2) is 7.68. The highest BCUT2D eigenvalue weighted by Crippen LogP contribution is 2.45. The zero-order valence-electron chi connectivity index (χ0n) is 16.4. The molecule has 0 radical (unpaired) electrons. The van der Waals surface area contributed by atoms with E-state index in [2.05, 4.69) is 17.4 Å². The standard InChI is InChI=1S/C21H30N2O4/c1-25-18-12-15-5-11-27-21(17(15)13-19(18)26-2)6-9-23(10-7-21)20(24)16-4-3-8-22-14-16/h12-13,16,22H,3-11,14H2,1-2H3/t16-/m1/s1. The molecule has 1 aromatic carbocycles. The number of ether oxygens (including phenoxy) is 3. The first-order valence-electron chi connectivity index (χ1n) is 10.1. The van der Waals surface area contributed by atoms with Crippen LogP contribution in [0.15, 0.2) is 12.1 Å². The molecule has 0 aromatic heterocycles. The zero-order valence-corrected chi connectivity index (χ0v) is 16.4. The lowest BCUT2D eigenvalue weighted by atomic mass is 9.79. The number of hydrogen-bond acceptors (Lipinski definition) is 5. The Morgan fingerprint density at radius 2 is 1.96 bits per heavy atom. The first-order valence-corrected chi connectivity index (χ1v) is 10.1. The predicted octanol–water partition coefficient (Wildman–Crippen LogP) is 2.09. The maximum absolute atomic E-state index is 12.9. The van der Waals surface area contributed by atoms with Gasteiger partial charge in [0, 0.05) is 19.6 Å². The van der Waals surface area contributed by atoms with E-state index in [0.29, 0.717) is 12.5 Å². The minimum Gasteiger partial charge on any atom is -0.493 e. The van der Waals surface area contributed by atoms with Crippen molar-refractivity contribution in [2.24, 2.45) is 5.92 Å². The highest BCUT2D eigenvalue weighted by molar-refractivity contribution is 5.79. The van der Waals surface area contributed by atoms with E-state index in [1.54, 1.807) is 14.2 Å². The van der Waals surface area contributed by atoms with Crippen molar-refractivity contribution < 1.29 is 19.0 Å². The molecule has 0 unspecified atom stereocenters. The summed E-state index contributed by atoms with van der Waals surface area (Å²) in [6.07, 6.45) is 4.65. The number of amides is 1. The van der Waals surface area contributed by atoms with Crippen molar-refractivity contribution in [1.29, 1.82) is 0 Å². The van der Waals surface area contributed by atoms with Gasteiger partial charge in [0.05, 0.1) is 32.3 Å². The molecule has 1 N–H and O–H groups in total. The van der Waals surface area contributed by atoms with Crippen molar-refractivity contribution in [2.45, 2.75) is 37.7 Å². The van der Waals surface area contributed by atoms with Crippen LogP contribution in [0.5, 0.6) is 11.5 Å². The fourth-order valence-corrected chi connectivity index (χ4v) is 4.81. The average molecular weight is 374 g/mol. The van der Waals surface area contributed by atoms with Crippen LogP contribution in [0.3, 0.4) is 0 Å². The summed E-state index contributed by atoms with van der Waals surface area (Å²) < 4.78 is 17.3. The summed E-state index contributed by atoms with van der Waals surface area (Å²) in [5, 5.41) is 3.35. The topological polar surface area (TPSA) is 60.0 Å². The number of likely N-dealkylation sites (tertiary alicyclic amines) is 1. The van der Waals surface area contributed by atoms with Crippen LogP contribution in [0, 0.1) is 5.92 Å². The number of nitrogens with zero attached hydrogens (tertiary/aromatic N) is 1. The summed E-state index contributed by atoms with van der Waals surface area (Å²) in [7, 11) is 3.34. The Labute approximate surface area is 161 Å². The molecular formula is C21H30N2O4. The minimum atomic E-state index is -0.311. The van der Waals surface area contributed by atoms with Crippen LogP contribution in [0.4, 0.5) is 0 Å². The summed E-state index contributed by atoms with van der Waals surface area (Å²) in [4.78, 5) is 14.9. The monoisotopic (exact) mass is 374 g/mol. The number of carbonyl (C=O) groups is 1. The number of fused-ring (bicyclic) bond motifs is 2. The Morgan fingerprint density at radius 3 is 2.63 bits per heavy atom. The molecule has 4 rings (SSSR count). The molecule has 27 heavy (non-hydrogen) atoms. The molecule has 0 bridgehead atoms. The molecule has 3 aliphatic rings. The minimum absolute atomic E-state index is 0.136. The van der Waals surface area contributed by atoms with Gasteiger partial charge in [0.2, 0.25) is 5.91 Å². The summed E-state index contributed by atoms with van der Waals surface area (Å²) in [6.45, 7) is 4.06. The quantitative estimate of drug-likeness (QED) is 0.878. The van der Waals surface area contributed by atoms with Crippen LogP contribution in [-0.2, 0) is 21.6 Å². The molecule has 2 fully saturated rings. The molecule has 6 heteroatoms. The highest BCUT2D eigenvalue weighted by atomic mass is 16.5. The SMILES string of the molecule is COc1cc2c(cc1OC)C1(CCN(C(=O)[C@@H]3CCCNC3)CC1)OCC2. The van der Waals surface area contributed by atoms with Crippen molar-refractivity contribution in [3.8, 4) is 11.5 Å². The number of nitrogens with one attached hydrogen (secondary N) is 1. The number of carbonyl (C=O) groups excluding carboxylic acids is 1. The van der Waals surface area contributed by atoms with E-state index < -0.39 is 0 Å². The summed E-state index contributed by atoms with van der Waals surface area (Å²) >= 11 is 0.